The molecule has 0 heterocycles. The fourth-order valence-electron chi connectivity index (χ4n) is 0.255. The molecule has 0 bridgehead atoms. The van der Waals surface area contributed by atoms with Gasteiger partial charge in [-0.3, -0.25) is 0 Å². The SMILES string of the molecule is CC([CH2][Na])OC(=O)O. The van der Waals surface area contributed by atoms with Crippen LogP contribution in [0.3, 0.4) is 0 Å². The molecular formula is C4H7NaO3. The van der Waals surface area contributed by atoms with Gasteiger partial charge in [-0.25, -0.2) is 0 Å². The first-order chi connectivity index (χ1) is 3.66. The summed E-state index contributed by atoms with van der Waals surface area (Å²) in [7, 11) is 0. The molecule has 0 aliphatic carbocycles. The normalized spacial score (nSPS) is 12.9. The number of carboxylic acid groups (broad SMARTS) is 1. The Morgan fingerprint density at radius 2 is 2.50 bits per heavy atom. The van der Waals surface area contributed by atoms with E-state index in [1.165, 1.54) is 0 Å². The molecule has 0 saturated heterocycles. The van der Waals surface area contributed by atoms with Crippen molar-refractivity contribution in [1.29, 1.82) is 0 Å². The molecule has 0 aromatic carbocycles. The van der Waals surface area contributed by atoms with Gasteiger partial charge in [0, 0.05) is 0 Å². The second-order valence-corrected chi connectivity index (χ2v) is 2.42. The van der Waals surface area contributed by atoms with Gasteiger partial charge in [0.15, 0.2) is 0 Å². The number of ether oxygens (including phenoxy) is 1. The standard InChI is InChI=1S/C4H7O3.Na/c1-3(2)7-4(5)6;/h3H,1H2,2H3,(H,5,6);. The van der Waals surface area contributed by atoms with Crippen molar-refractivity contribution in [3.05, 3.63) is 0 Å². The third-order valence-corrected chi connectivity index (χ3v) is 2.03. The van der Waals surface area contributed by atoms with Gasteiger partial charge in [-0.2, -0.15) is 0 Å². The van der Waals surface area contributed by atoms with Gasteiger partial charge < -0.3 is 0 Å². The van der Waals surface area contributed by atoms with E-state index in [2.05, 4.69) is 4.74 Å². The van der Waals surface area contributed by atoms with Gasteiger partial charge in [-0.15, -0.1) is 0 Å². The summed E-state index contributed by atoms with van der Waals surface area (Å²) in [4.78, 5) is 9.76. The van der Waals surface area contributed by atoms with Crippen LogP contribution in [0.2, 0.25) is 3.67 Å². The van der Waals surface area contributed by atoms with Crippen LogP contribution in [-0.4, -0.2) is 45.3 Å². The summed E-state index contributed by atoms with van der Waals surface area (Å²) in [6, 6.07) is 0. The van der Waals surface area contributed by atoms with Crippen molar-refractivity contribution in [1.82, 2.24) is 0 Å². The average molecular weight is 126 g/mol. The Hall–Kier alpha value is 0.270. The van der Waals surface area contributed by atoms with Crippen molar-refractivity contribution in [2.45, 2.75) is 16.7 Å². The first kappa shape index (κ1) is 8.27. The molecule has 0 spiro atoms. The predicted octanol–water partition coefficient (Wildman–Crippen LogP) is 0.656. The fourth-order valence-corrected chi connectivity index (χ4v) is 0.422. The summed E-state index contributed by atoms with van der Waals surface area (Å²) in [6.45, 7) is 1.75. The van der Waals surface area contributed by atoms with Crippen molar-refractivity contribution in [2.75, 3.05) is 0 Å². The molecule has 0 aromatic heterocycles. The van der Waals surface area contributed by atoms with Crippen molar-refractivity contribution < 1.29 is 14.6 Å². The Morgan fingerprint density at radius 3 is 2.62 bits per heavy atom. The number of rotatable bonds is 2. The van der Waals surface area contributed by atoms with Crippen LogP contribution in [0.1, 0.15) is 6.92 Å². The van der Waals surface area contributed by atoms with Crippen LogP contribution in [0.5, 0.6) is 0 Å². The molecule has 8 heavy (non-hydrogen) atoms. The quantitative estimate of drug-likeness (QED) is 0.436. The maximum atomic E-state index is 9.76. The molecule has 0 aliphatic rings. The van der Waals surface area contributed by atoms with Gasteiger partial charge in [0.25, 0.3) is 0 Å². The van der Waals surface area contributed by atoms with Gasteiger partial charge >= 0.3 is 65.4 Å². The van der Waals surface area contributed by atoms with E-state index >= 15 is 0 Å². The van der Waals surface area contributed by atoms with Crippen LogP contribution in [0.25, 0.3) is 0 Å². The van der Waals surface area contributed by atoms with E-state index in [1.54, 1.807) is 6.92 Å². The molecule has 1 N–H and O–H groups in total. The molecule has 0 amide bonds. The second-order valence-electron chi connectivity index (χ2n) is 1.60. The number of hydrogen-bond donors (Lipinski definition) is 1. The van der Waals surface area contributed by atoms with E-state index < -0.39 is 6.16 Å². The molecule has 0 fully saturated rings. The van der Waals surface area contributed by atoms with Crippen LogP contribution >= 0.6 is 0 Å². The van der Waals surface area contributed by atoms with E-state index in [-0.39, 0.29) is 6.10 Å². The molecule has 3 nitrogen and oxygen atoms in total. The first-order valence-corrected chi connectivity index (χ1v) is 3.97. The number of carbonyl (C=O) groups is 1. The van der Waals surface area contributed by atoms with Crippen LogP contribution < -0.4 is 0 Å². The zero-order valence-corrected chi connectivity index (χ0v) is 7.05. The molecule has 1 atom stereocenters. The van der Waals surface area contributed by atoms with E-state index in [4.69, 9.17) is 5.11 Å². The van der Waals surface area contributed by atoms with E-state index in [9.17, 15) is 4.79 Å². The Balaban J connectivity index is 3.24. The summed E-state index contributed by atoms with van der Waals surface area (Å²) in [6.07, 6.45) is -1.28. The zero-order valence-electron chi connectivity index (χ0n) is 5.05. The van der Waals surface area contributed by atoms with Gasteiger partial charge in [0.2, 0.25) is 0 Å². The average Bonchev–Trinajstić information content (AvgIpc) is 1.65. The fraction of sp³-hybridized carbons (Fsp3) is 0.750. The van der Waals surface area contributed by atoms with Gasteiger partial charge in [-0.1, -0.05) is 0 Å². The predicted molar refractivity (Wildman–Crippen MR) is 29.1 cm³/mol. The molecule has 42 valence electrons. The second kappa shape index (κ2) is 4.18. The minimum atomic E-state index is -1.17. The van der Waals surface area contributed by atoms with Gasteiger partial charge in [0.05, 0.1) is 0 Å². The van der Waals surface area contributed by atoms with E-state index in [0.717, 1.165) is 31.6 Å². The first-order valence-electron chi connectivity index (χ1n) is 2.56. The summed E-state index contributed by atoms with van der Waals surface area (Å²) in [5.41, 5.74) is 0. The van der Waals surface area contributed by atoms with Crippen LogP contribution in [0.4, 0.5) is 4.79 Å². The van der Waals surface area contributed by atoms with Gasteiger partial charge in [0.1, 0.15) is 0 Å². The van der Waals surface area contributed by atoms with Crippen molar-refractivity contribution in [2.24, 2.45) is 0 Å². The summed E-state index contributed by atoms with van der Waals surface area (Å²) in [5.74, 6) is 0. The Labute approximate surface area is 65.4 Å². The number of hydrogen-bond acceptors (Lipinski definition) is 2. The minimum absolute atomic E-state index is 0.112. The van der Waals surface area contributed by atoms with Crippen molar-refractivity contribution in [3.8, 4) is 0 Å². The molecule has 0 radical (unpaired) electrons. The summed E-state index contributed by atoms with van der Waals surface area (Å²) in [5, 5.41) is 8.01. The van der Waals surface area contributed by atoms with Crippen molar-refractivity contribution >= 4 is 34.1 Å². The van der Waals surface area contributed by atoms with E-state index in [1.807, 2.05) is 0 Å². The Bertz CT molecular complexity index is 83.4. The molecular weight excluding hydrogens is 119 g/mol. The topological polar surface area (TPSA) is 46.5 Å². The third-order valence-electron chi connectivity index (χ3n) is 0.877. The third kappa shape index (κ3) is 4.43. The molecule has 0 rings (SSSR count). The Kier molecular flexibility index (Phi) is 4.32. The zero-order chi connectivity index (χ0) is 6.57. The maximum absolute atomic E-state index is 9.76. The van der Waals surface area contributed by atoms with Gasteiger partial charge in [-0.05, 0) is 0 Å². The molecule has 0 saturated carbocycles. The monoisotopic (exact) mass is 126 g/mol. The molecule has 1 unspecified atom stereocenters. The van der Waals surface area contributed by atoms with Crippen LogP contribution in [-0.2, 0) is 4.74 Å². The molecule has 0 aromatic rings. The van der Waals surface area contributed by atoms with Crippen LogP contribution in [0, 0.1) is 0 Å². The summed E-state index contributed by atoms with van der Waals surface area (Å²) < 4.78 is 5.22. The summed E-state index contributed by atoms with van der Waals surface area (Å²) >= 11 is 0.990. The molecule has 0 aliphatic heterocycles. The van der Waals surface area contributed by atoms with Crippen molar-refractivity contribution in [3.63, 3.8) is 0 Å². The molecule has 4 heteroatoms. The van der Waals surface area contributed by atoms with Crippen LogP contribution in [0.15, 0.2) is 0 Å². The Morgan fingerprint density at radius 1 is 2.00 bits per heavy atom. The van der Waals surface area contributed by atoms with E-state index in [0.29, 0.717) is 0 Å².